The minimum Gasteiger partial charge on any atom is -0.208 e. The Morgan fingerprint density at radius 3 is 1.43 bits per heavy atom. The lowest BCUT2D eigenvalue weighted by atomic mass is 9.70. The van der Waals surface area contributed by atoms with Crippen LogP contribution in [0.25, 0.3) is 100 Å². The zero-order valence-corrected chi connectivity index (χ0v) is 35.1. The summed E-state index contributed by atoms with van der Waals surface area (Å²) >= 11 is 0. The van der Waals surface area contributed by atoms with Crippen molar-refractivity contribution >= 4 is 21.5 Å². The van der Waals surface area contributed by atoms with E-state index in [-0.39, 0.29) is 0 Å². The fourth-order valence-electron chi connectivity index (χ4n) is 10.6. The Hall–Kier alpha value is -8.78. The molecule has 0 unspecified atom stereocenters. The fraction of sp³-hybridized carbons (Fsp3) is 0.0164. The number of benzene rings is 10. The fourth-order valence-corrected chi connectivity index (χ4v) is 10.6. The predicted molar refractivity (Wildman–Crippen MR) is 263 cm³/mol. The summed E-state index contributed by atoms with van der Waals surface area (Å²) in [5.41, 5.74) is 17.2. The van der Waals surface area contributed by atoms with E-state index >= 15 is 0 Å². The van der Waals surface area contributed by atoms with E-state index < -0.39 is 5.41 Å². The Morgan fingerprint density at radius 1 is 0.308 bits per heavy atom. The van der Waals surface area contributed by atoms with Crippen LogP contribution >= 0.6 is 0 Å². The van der Waals surface area contributed by atoms with Crippen molar-refractivity contribution in [1.82, 2.24) is 15.0 Å². The zero-order chi connectivity index (χ0) is 43.1. The molecule has 0 radical (unpaired) electrons. The van der Waals surface area contributed by atoms with Gasteiger partial charge in [0.2, 0.25) is 0 Å². The number of rotatable bonds is 5. The van der Waals surface area contributed by atoms with E-state index in [0.29, 0.717) is 23.0 Å². The van der Waals surface area contributed by atoms with Gasteiger partial charge in [-0.15, -0.1) is 0 Å². The lowest BCUT2D eigenvalue weighted by Gasteiger charge is -2.30. The highest BCUT2D eigenvalue weighted by Crippen LogP contribution is 2.64. The van der Waals surface area contributed by atoms with E-state index in [1.807, 2.05) is 6.07 Å². The van der Waals surface area contributed by atoms with Gasteiger partial charge in [0.25, 0.3) is 0 Å². The third-order valence-electron chi connectivity index (χ3n) is 13.5. The van der Waals surface area contributed by atoms with Crippen molar-refractivity contribution in [2.24, 2.45) is 0 Å². The van der Waals surface area contributed by atoms with Gasteiger partial charge in [0.05, 0.1) is 17.0 Å². The van der Waals surface area contributed by atoms with E-state index in [0.717, 1.165) is 49.7 Å². The lowest BCUT2D eigenvalue weighted by molar-refractivity contribution is 0.793. The van der Waals surface area contributed by atoms with Gasteiger partial charge >= 0.3 is 0 Å². The molecular weight excluding hydrogens is 789 g/mol. The highest BCUT2D eigenvalue weighted by molar-refractivity contribution is 6.00. The van der Waals surface area contributed by atoms with Crippen LogP contribution in [0.4, 0.5) is 0 Å². The molecule has 300 valence electrons. The number of nitrogens with zero attached hydrogens (tertiary/aromatic N) is 4. The summed E-state index contributed by atoms with van der Waals surface area (Å²) in [5, 5.41) is 14.8. The van der Waals surface area contributed by atoms with Crippen LogP contribution in [0.3, 0.4) is 0 Å². The third kappa shape index (κ3) is 5.66. The summed E-state index contributed by atoms with van der Waals surface area (Å²) in [7, 11) is 0. The summed E-state index contributed by atoms with van der Waals surface area (Å²) in [4.78, 5) is 15.3. The molecule has 0 saturated carbocycles. The highest BCUT2D eigenvalue weighted by atomic mass is 15.0. The molecule has 1 spiro atoms. The van der Waals surface area contributed by atoms with Crippen molar-refractivity contribution in [3.8, 4) is 84.7 Å². The molecule has 4 heteroatoms. The molecule has 0 fully saturated rings. The largest absolute Gasteiger partial charge is 0.208 e. The average molecular weight is 825 g/mol. The molecule has 1 aromatic heterocycles. The van der Waals surface area contributed by atoms with Crippen LogP contribution in [0.2, 0.25) is 0 Å². The van der Waals surface area contributed by atoms with Gasteiger partial charge in [-0.25, -0.2) is 15.0 Å². The first-order valence-corrected chi connectivity index (χ1v) is 22.0. The highest BCUT2D eigenvalue weighted by Gasteiger charge is 2.52. The molecular formula is C61H36N4. The normalized spacial score (nSPS) is 12.7. The standard InChI is InChI=1S/C61H36N4/c62-37-38-23-32-52-56(33-38)61(53-20-7-5-17-50(53)51-18-6-8-21-54(51)61)55-22-10-19-49(57(52)55)46-16-9-15-45(34-46)41-24-28-42(29-25-41)58-63-59(47-30-26-39-11-1-3-13-43(39)35-47)65-60(64-58)48-31-27-40-12-2-4-14-44(40)36-48/h1-36H. The van der Waals surface area contributed by atoms with E-state index in [4.69, 9.17) is 15.0 Å². The zero-order valence-electron chi connectivity index (χ0n) is 35.1. The first-order valence-electron chi connectivity index (χ1n) is 22.0. The minimum absolute atomic E-state index is 0.536. The maximum atomic E-state index is 10.2. The van der Waals surface area contributed by atoms with Gasteiger partial charge in [0.1, 0.15) is 0 Å². The molecule has 0 atom stereocenters. The SMILES string of the molecule is N#Cc1ccc2c(c1)C1(c3ccccc3-c3ccccc31)c1cccc(-c3cccc(-c4ccc(-c5nc(-c6ccc7ccccc7c6)nc(-c6ccc7ccccc7c6)n5)cc4)c3)c1-2. The monoisotopic (exact) mass is 824 g/mol. The quantitative estimate of drug-likeness (QED) is 0.173. The van der Waals surface area contributed by atoms with Crippen molar-refractivity contribution in [2.75, 3.05) is 0 Å². The molecule has 0 bridgehead atoms. The maximum Gasteiger partial charge on any atom is 0.164 e. The van der Waals surface area contributed by atoms with Crippen LogP contribution in [0.15, 0.2) is 218 Å². The molecule has 0 amide bonds. The molecule has 11 aromatic rings. The number of nitriles is 1. The van der Waals surface area contributed by atoms with Crippen LogP contribution < -0.4 is 0 Å². The van der Waals surface area contributed by atoms with Gasteiger partial charge in [-0.2, -0.15) is 5.26 Å². The molecule has 4 nitrogen and oxygen atoms in total. The molecule has 2 aliphatic rings. The second kappa shape index (κ2) is 14.4. The van der Waals surface area contributed by atoms with Crippen molar-refractivity contribution in [3.63, 3.8) is 0 Å². The second-order valence-corrected chi connectivity index (χ2v) is 17.0. The number of hydrogen-bond donors (Lipinski definition) is 0. The van der Waals surface area contributed by atoms with Crippen LogP contribution in [0.1, 0.15) is 27.8 Å². The van der Waals surface area contributed by atoms with Gasteiger partial charge in [0, 0.05) is 16.7 Å². The van der Waals surface area contributed by atoms with Crippen LogP contribution in [0, 0.1) is 11.3 Å². The summed E-state index contributed by atoms with van der Waals surface area (Å²) in [6, 6.07) is 79.9. The molecule has 65 heavy (non-hydrogen) atoms. The van der Waals surface area contributed by atoms with Gasteiger partial charge in [-0.1, -0.05) is 188 Å². The van der Waals surface area contributed by atoms with Crippen LogP contribution in [0.5, 0.6) is 0 Å². The molecule has 13 rings (SSSR count). The summed E-state index contributed by atoms with van der Waals surface area (Å²) in [5.74, 6) is 1.88. The molecule has 0 saturated heterocycles. The number of aromatic nitrogens is 3. The molecule has 0 N–H and O–H groups in total. The predicted octanol–water partition coefficient (Wildman–Crippen LogP) is 14.7. The third-order valence-corrected chi connectivity index (χ3v) is 13.5. The minimum atomic E-state index is -0.536. The van der Waals surface area contributed by atoms with Crippen molar-refractivity contribution in [2.45, 2.75) is 5.41 Å². The van der Waals surface area contributed by atoms with Gasteiger partial charge in [-0.05, 0) is 119 Å². The first kappa shape index (κ1) is 36.8. The molecule has 2 aliphatic carbocycles. The number of hydrogen-bond acceptors (Lipinski definition) is 4. The van der Waals surface area contributed by atoms with Crippen LogP contribution in [-0.2, 0) is 5.41 Å². The smallest absolute Gasteiger partial charge is 0.164 e. The summed E-state index contributed by atoms with van der Waals surface area (Å²) in [6.07, 6.45) is 0. The average Bonchev–Trinajstić information content (AvgIpc) is 3.85. The Labute approximate surface area is 376 Å². The molecule has 1 heterocycles. The molecule has 10 aromatic carbocycles. The van der Waals surface area contributed by atoms with E-state index in [1.54, 1.807) is 0 Å². The second-order valence-electron chi connectivity index (χ2n) is 17.0. The van der Waals surface area contributed by atoms with E-state index in [1.165, 1.54) is 55.3 Å². The van der Waals surface area contributed by atoms with Crippen molar-refractivity contribution < 1.29 is 0 Å². The van der Waals surface area contributed by atoms with Crippen molar-refractivity contribution in [1.29, 1.82) is 5.26 Å². The van der Waals surface area contributed by atoms with Gasteiger partial charge < -0.3 is 0 Å². The summed E-state index contributed by atoms with van der Waals surface area (Å²) < 4.78 is 0. The first-order chi connectivity index (χ1) is 32.1. The van der Waals surface area contributed by atoms with Crippen molar-refractivity contribution in [3.05, 3.63) is 246 Å². The lowest BCUT2D eigenvalue weighted by Crippen LogP contribution is -2.26. The maximum absolute atomic E-state index is 10.2. The Balaban J connectivity index is 0.913. The Bertz CT molecular complexity index is 3660. The topological polar surface area (TPSA) is 62.5 Å². The van der Waals surface area contributed by atoms with Gasteiger partial charge in [0.15, 0.2) is 17.5 Å². The van der Waals surface area contributed by atoms with Gasteiger partial charge in [-0.3, -0.25) is 0 Å². The van der Waals surface area contributed by atoms with Crippen LogP contribution in [-0.4, -0.2) is 15.0 Å². The summed E-state index contributed by atoms with van der Waals surface area (Å²) in [6.45, 7) is 0. The Kier molecular flexibility index (Phi) is 8.15. The number of fused-ring (bicyclic) bond motifs is 12. The van der Waals surface area contributed by atoms with E-state index in [9.17, 15) is 5.26 Å². The van der Waals surface area contributed by atoms with E-state index in [2.05, 4.69) is 218 Å². The Morgan fingerprint density at radius 2 is 0.800 bits per heavy atom. The molecule has 0 aliphatic heterocycles.